The van der Waals surface area contributed by atoms with Crippen LogP contribution < -0.4 is 10.2 Å². The van der Waals surface area contributed by atoms with Gasteiger partial charge in [-0.1, -0.05) is 13.8 Å². The lowest BCUT2D eigenvalue weighted by Gasteiger charge is -2.24. The summed E-state index contributed by atoms with van der Waals surface area (Å²) in [5.74, 6) is -1.14. The number of nitrogens with zero attached hydrogens (tertiary/aromatic N) is 1. The van der Waals surface area contributed by atoms with Crippen LogP contribution in [-0.4, -0.2) is 31.3 Å². The van der Waals surface area contributed by atoms with Crippen molar-refractivity contribution < 1.29 is 13.9 Å². The van der Waals surface area contributed by atoms with E-state index in [2.05, 4.69) is 5.32 Å². The van der Waals surface area contributed by atoms with E-state index in [1.807, 2.05) is 13.8 Å². The van der Waals surface area contributed by atoms with Crippen LogP contribution in [0.5, 0.6) is 0 Å². The summed E-state index contributed by atoms with van der Waals surface area (Å²) in [5.41, 5.74) is 0.554. The summed E-state index contributed by atoms with van der Waals surface area (Å²) in [6.07, 6.45) is 1.74. The molecule has 0 bridgehead atoms. The number of aliphatic hydroxyl groups excluding tert-OH is 1. The van der Waals surface area contributed by atoms with Crippen LogP contribution in [0.3, 0.4) is 0 Å². The van der Waals surface area contributed by atoms with Crippen molar-refractivity contribution in [3.05, 3.63) is 29.3 Å². The molecule has 20 heavy (non-hydrogen) atoms. The van der Waals surface area contributed by atoms with Gasteiger partial charge >= 0.3 is 0 Å². The van der Waals surface area contributed by atoms with Crippen LogP contribution >= 0.6 is 0 Å². The molecule has 0 fully saturated rings. The Labute approximate surface area is 119 Å². The van der Waals surface area contributed by atoms with Gasteiger partial charge in [-0.2, -0.15) is 0 Å². The highest BCUT2D eigenvalue weighted by atomic mass is 19.1. The average Bonchev–Trinajstić information content (AvgIpc) is 2.39. The highest BCUT2D eigenvalue weighted by Gasteiger charge is 2.17. The van der Waals surface area contributed by atoms with Crippen LogP contribution in [0, 0.1) is 11.6 Å². The molecule has 1 rings (SSSR count). The second-order valence-corrected chi connectivity index (χ2v) is 4.80. The topological polar surface area (TPSA) is 35.5 Å². The number of benzene rings is 1. The minimum Gasteiger partial charge on any atom is -0.395 e. The van der Waals surface area contributed by atoms with E-state index in [1.165, 1.54) is 12.1 Å². The third-order valence-electron chi connectivity index (χ3n) is 3.01. The summed E-state index contributed by atoms with van der Waals surface area (Å²) in [4.78, 5) is 1.55. The zero-order valence-electron chi connectivity index (χ0n) is 12.3. The van der Waals surface area contributed by atoms with E-state index in [0.29, 0.717) is 18.7 Å². The highest BCUT2D eigenvalue weighted by Crippen LogP contribution is 2.25. The molecular weight excluding hydrogens is 262 g/mol. The zero-order chi connectivity index (χ0) is 15.0. The van der Waals surface area contributed by atoms with Crippen LogP contribution in [0.2, 0.25) is 0 Å². The molecule has 0 aromatic heterocycles. The molecule has 1 aromatic carbocycles. The molecule has 0 saturated heterocycles. The predicted octanol–water partition coefficient (Wildman–Crippen LogP) is 2.67. The van der Waals surface area contributed by atoms with Crippen molar-refractivity contribution in [1.29, 1.82) is 0 Å². The molecule has 114 valence electrons. The first-order valence-corrected chi connectivity index (χ1v) is 7.18. The molecule has 3 nitrogen and oxygen atoms in total. The van der Waals surface area contributed by atoms with E-state index in [9.17, 15) is 8.78 Å². The third-order valence-corrected chi connectivity index (χ3v) is 3.01. The molecule has 0 saturated carbocycles. The molecule has 0 unspecified atom stereocenters. The Morgan fingerprint density at radius 1 is 1.10 bits per heavy atom. The second-order valence-electron chi connectivity index (χ2n) is 4.80. The van der Waals surface area contributed by atoms with Crippen molar-refractivity contribution in [1.82, 2.24) is 5.32 Å². The lowest BCUT2D eigenvalue weighted by atomic mass is 10.1. The van der Waals surface area contributed by atoms with E-state index in [1.54, 1.807) is 4.90 Å². The first-order valence-electron chi connectivity index (χ1n) is 7.18. The Kier molecular flexibility index (Phi) is 7.47. The van der Waals surface area contributed by atoms with Crippen molar-refractivity contribution in [3.63, 3.8) is 0 Å². The summed E-state index contributed by atoms with van der Waals surface area (Å²) >= 11 is 0. The van der Waals surface area contributed by atoms with Gasteiger partial charge in [0.15, 0.2) is 0 Å². The van der Waals surface area contributed by atoms with Gasteiger partial charge < -0.3 is 15.3 Å². The number of anilines is 1. The zero-order valence-corrected chi connectivity index (χ0v) is 12.3. The molecule has 2 N–H and O–H groups in total. The Balaban J connectivity index is 2.91. The number of halogens is 2. The van der Waals surface area contributed by atoms with Crippen molar-refractivity contribution in [2.75, 3.05) is 31.1 Å². The van der Waals surface area contributed by atoms with Gasteiger partial charge in [0.25, 0.3) is 0 Å². The molecule has 0 amide bonds. The van der Waals surface area contributed by atoms with E-state index < -0.39 is 11.6 Å². The molecule has 0 heterocycles. The van der Waals surface area contributed by atoms with E-state index in [4.69, 9.17) is 5.11 Å². The summed E-state index contributed by atoms with van der Waals surface area (Å²) in [6, 6.07) is 2.72. The molecule has 0 aliphatic heterocycles. The average molecular weight is 286 g/mol. The van der Waals surface area contributed by atoms with Crippen LogP contribution in [0.1, 0.15) is 32.3 Å². The molecule has 1 aromatic rings. The Morgan fingerprint density at radius 3 is 2.25 bits per heavy atom. The summed E-state index contributed by atoms with van der Waals surface area (Å²) in [6.45, 7) is 5.86. The molecule has 0 atom stereocenters. The monoisotopic (exact) mass is 286 g/mol. The quantitative estimate of drug-likeness (QED) is 0.685. The fraction of sp³-hybridized carbons (Fsp3) is 0.600. The van der Waals surface area contributed by atoms with E-state index in [-0.39, 0.29) is 18.8 Å². The van der Waals surface area contributed by atoms with Crippen molar-refractivity contribution in [3.8, 4) is 0 Å². The van der Waals surface area contributed by atoms with Gasteiger partial charge in [0, 0.05) is 19.6 Å². The van der Waals surface area contributed by atoms with Gasteiger partial charge in [-0.15, -0.1) is 0 Å². The SMILES string of the molecule is CCCNCc1cc(F)c(N(CCC)CCO)c(F)c1. The molecule has 5 heteroatoms. The lowest BCUT2D eigenvalue weighted by molar-refractivity contribution is 0.301. The Morgan fingerprint density at radius 2 is 1.75 bits per heavy atom. The lowest BCUT2D eigenvalue weighted by Crippen LogP contribution is -2.29. The van der Waals surface area contributed by atoms with Gasteiger partial charge in [-0.3, -0.25) is 0 Å². The standard InChI is InChI=1S/C15H24F2N2O/c1-3-5-18-11-12-9-13(16)15(14(17)10-12)19(6-4-2)7-8-20/h9-10,18,20H,3-8,11H2,1-2H3. The predicted molar refractivity (Wildman–Crippen MR) is 77.9 cm³/mol. The highest BCUT2D eigenvalue weighted by molar-refractivity contribution is 5.50. The Hall–Kier alpha value is -1.20. The molecule has 0 radical (unpaired) electrons. The maximum atomic E-state index is 14.1. The van der Waals surface area contributed by atoms with Gasteiger partial charge in [0.05, 0.1) is 6.61 Å². The van der Waals surface area contributed by atoms with Crippen LogP contribution in [-0.2, 0) is 6.54 Å². The minimum atomic E-state index is -0.569. The van der Waals surface area contributed by atoms with Crippen molar-refractivity contribution >= 4 is 5.69 Å². The summed E-state index contributed by atoms with van der Waals surface area (Å²) < 4.78 is 28.3. The fourth-order valence-electron chi connectivity index (χ4n) is 2.16. The maximum Gasteiger partial charge on any atom is 0.149 e. The van der Waals surface area contributed by atoms with Crippen molar-refractivity contribution in [2.24, 2.45) is 0 Å². The summed E-state index contributed by atoms with van der Waals surface area (Å²) in [7, 11) is 0. The van der Waals surface area contributed by atoms with Gasteiger partial charge in [0.2, 0.25) is 0 Å². The first kappa shape index (κ1) is 16.9. The normalized spacial score (nSPS) is 10.8. The maximum absolute atomic E-state index is 14.1. The van der Waals surface area contributed by atoms with Gasteiger partial charge in [-0.05, 0) is 37.1 Å². The number of hydrogen-bond donors (Lipinski definition) is 2. The largest absolute Gasteiger partial charge is 0.395 e. The minimum absolute atomic E-state index is 0.0415. The number of rotatable bonds is 9. The number of aliphatic hydroxyl groups is 1. The molecular formula is C15H24F2N2O. The number of hydrogen-bond acceptors (Lipinski definition) is 3. The van der Waals surface area contributed by atoms with E-state index in [0.717, 1.165) is 19.4 Å². The number of nitrogens with one attached hydrogen (secondary N) is 1. The third kappa shape index (κ3) is 4.72. The van der Waals surface area contributed by atoms with Crippen LogP contribution in [0.15, 0.2) is 12.1 Å². The second kappa shape index (κ2) is 8.87. The van der Waals surface area contributed by atoms with E-state index >= 15 is 0 Å². The van der Waals surface area contributed by atoms with Crippen molar-refractivity contribution in [2.45, 2.75) is 33.2 Å². The first-order chi connectivity index (χ1) is 9.63. The fourth-order valence-corrected chi connectivity index (χ4v) is 2.16. The molecule has 0 aliphatic rings. The smallest absolute Gasteiger partial charge is 0.149 e. The van der Waals surface area contributed by atoms with Crippen LogP contribution in [0.4, 0.5) is 14.5 Å². The molecule has 0 aliphatic carbocycles. The van der Waals surface area contributed by atoms with Gasteiger partial charge in [0.1, 0.15) is 17.3 Å². The van der Waals surface area contributed by atoms with Crippen LogP contribution in [0.25, 0.3) is 0 Å². The molecule has 0 spiro atoms. The van der Waals surface area contributed by atoms with Gasteiger partial charge in [-0.25, -0.2) is 8.78 Å². The Bertz CT molecular complexity index is 384. The summed E-state index contributed by atoms with van der Waals surface area (Å²) in [5, 5.41) is 12.1.